The Labute approximate surface area is 127 Å². The summed E-state index contributed by atoms with van der Waals surface area (Å²) in [6, 6.07) is 0. The van der Waals surface area contributed by atoms with Crippen LogP contribution in [-0.4, -0.2) is 38.9 Å². The van der Waals surface area contributed by atoms with E-state index in [1.165, 1.54) is 11.3 Å². The van der Waals surface area contributed by atoms with Crippen molar-refractivity contribution in [3.63, 3.8) is 0 Å². The number of hydrogen-bond acceptors (Lipinski definition) is 6. The maximum Gasteiger partial charge on any atom is 0.270 e. The van der Waals surface area contributed by atoms with E-state index in [-0.39, 0.29) is 12.5 Å². The highest BCUT2D eigenvalue weighted by atomic mass is 32.1. The van der Waals surface area contributed by atoms with E-state index in [2.05, 4.69) is 20.7 Å². The monoisotopic (exact) mass is 309 g/mol. The molecular weight excluding hydrogens is 290 g/mol. The second-order valence-corrected chi connectivity index (χ2v) is 5.79. The van der Waals surface area contributed by atoms with Gasteiger partial charge < -0.3 is 15.7 Å². The molecule has 0 aliphatic carbocycles. The number of carbonyl (C=O) groups is 1. The Bertz CT molecular complexity index is 620. The summed E-state index contributed by atoms with van der Waals surface area (Å²) in [4.78, 5) is 16.2. The summed E-state index contributed by atoms with van der Waals surface area (Å²) >= 11 is 1.38. The number of rotatable bonds is 6. The molecule has 0 spiro atoms. The smallest absolute Gasteiger partial charge is 0.270 e. The van der Waals surface area contributed by atoms with Gasteiger partial charge in [-0.1, -0.05) is 0 Å². The fourth-order valence-electron chi connectivity index (χ4n) is 1.75. The SMILES string of the molecule is CCNc1nc(C(=O)NCC(C)(O)c2cnn(C)c2)cs1. The molecule has 0 radical (unpaired) electrons. The lowest BCUT2D eigenvalue weighted by Crippen LogP contribution is -2.38. The zero-order chi connectivity index (χ0) is 15.5. The first-order valence-electron chi connectivity index (χ1n) is 6.61. The van der Waals surface area contributed by atoms with Crippen LogP contribution in [-0.2, 0) is 12.6 Å². The van der Waals surface area contributed by atoms with Gasteiger partial charge in [-0.25, -0.2) is 4.98 Å². The molecule has 114 valence electrons. The number of aryl methyl sites for hydroxylation is 1. The predicted octanol–water partition coefficient (Wildman–Crippen LogP) is 0.946. The van der Waals surface area contributed by atoms with E-state index >= 15 is 0 Å². The molecule has 2 rings (SSSR count). The van der Waals surface area contributed by atoms with Gasteiger partial charge in [0.15, 0.2) is 5.13 Å². The molecule has 7 nitrogen and oxygen atoms in total. The minimum absolute atomic E-state index is 0.0889. The minimum Gasteiger partial charge on any atom is -0.383 e. The highest BCUT2D eigenvalue weighted by molar-refractivity contribution is 7.13. The van der Waals surface area contributed by atoms with Crippen LogP contribution in [0.1, 0.15) is 29.9 Å². The van der Waals surface area contributed by atoms with Gasteiger partial charge in [0.25, 0.3) is 5.91 Å². The number of anilines is 1. The first kappa shape index (κ1) is 15.5. The second kappa shape index (κ2) is 6.23. The molecule has 2 aromatic heterocycles. The molecule has 0 saturated heterocycles. The van der Waals surface area contributed by atoms with E-state index in [9.17, 15) is 9.90 Å². The van der Waals surface area contributed by atoms with Crippen molar-refractivity contribution >= 4 is 22.4 Å². The zero-order valence-corrected chi connectivity index (χ0v) is 13.1. The predicted molar refractivity (Wildman–Crippen MR) is 81.4 cm³/mol. The van der Waals surface area contributed by atoms with Gasteiger partial charge in [-0.05, 0) is 13.8 Å². The number of thiazole rings is 1. The van der Waals surface area contributed by atoms with E-state index < -0.39 is 5.60 Å². The summed E-state index contributed by atoms with van der Waals surface area (Å²) in [6.07, 6.45) is 3.30. The van der Waals surface area contributed by atoms with E-state index in [4.69, 9.17) is 0 Å². The minimum atomic E-state index is -1.18. The second-order valence-electron chi connectivity index (χ2n) is 4.93. The van der Waals surface area contributed by atoms with Crippen molar-refractivity contribution in [2.24, 2.45) is 7.05 Å². The van der Waals surface area contributed by atoms with Gasteiger partial charge in [0, 0.05) is 30.7 Å². The van der Waals surface area contributed by atoms with Crippen LogP contribution in [0.4, 0.5) is 5.13 Å². The lowest BCUT2D eigenvalue weighted by molar-refractivity contribution is 0.0524. The number of aromatic nitrogens is 3. The van der Waals surface area contributed by atoms with Crippen molar-refractivity contribution in [1.29, 1.82) is 0 Å². The van der Waals surface area contributed by atoms with Crippen LogP contribution in [0.3, 0.4) is 0 Å². The average Bonchev–Trinajstić information content (AvgIpc) is 3.06. The van der Waals surface area contributed by atoms with Crippen molar-refractivity contribution in [2.75, 3.05) is 18.4 Å². The largest absolute Gasteiger partial charge is 0.383 e. The van der Waals surface area contributed by atoms with Gasteiger partial charge in [0.2, 0.25) is 0 Å². The summed E-state index contributed by atoms with van der Waals surface area (Å²) in [5.74, 6) is -0.306. The number of nitrogens with zero attached hydrogens (tertiary/aromatic N) is 3. The van der Waals surface area contributed by atoms with E-state index in [1.54, 1.807) is 36.4 Å². The Morgan fingerprint density at radius 2 is 2.33 bits per heavy atom. The fraction of sp³-hybridized carbons (Fsp3) is 0.462. The molecule has 0 aliphatic heterocycles. The highest BCUT2D eigenvalue weighted by Crippen LogP contribution is 2.19. The van der Waals surface area contributed by atoms with Crippen molar-refractivity contribution in [3.8, 4) is 0 Å². The molecule has 0 aromatic carbocycles. The van der Waals surface area contributed by atoms with Crippen LogP contribution in [0.2, 0.25) is 0 Å². The van der Waals surface area contributed by atoms with E-state index in [1.807, 2.05) is 6.92 Å². The molecule has 1 unspecified atom stereocenters. The van der Waals surface area contributed by atoms with Crippen molar-refractivity contribution < 1.29 is 9.90 Å². The van der Waals surface area contributed by atoms with Crippen LogP contribution in [0.25, 0.3) is 0 Å². The molecule has 21 heavy (non-hydrogen) atoms. The Hall–Kier alpha value is -1.93. The van der Waals surface area contributed by atoms with Gasteiger partial charge >= 0.3 is 0 Å². The first-order valence-corrected chi connectivity index (χ1v) is 7.49. The Kier molecular flexibility index (Phi) is 4.59. The standard InChI is InChI=1S/C13H19N5O2S/c1-4-14-12-17-10(7-21-12)11(19)15-8-13(2,20)9-5-16-18(3)6-9/h5-7,20H,4,8H2,1-3H3,(H,14,17)(H,15,19). The fourth-order valence-corrected chi connectivity index (χ4v) is 2.52. The molecule has 0 aliphatic rings. The van der Waals surface area contributed by atoms with E-state index in [0.717, 1.165) is 6.54 Å². The normalized spacial score (nSPS) is 13.7. The molecule has 0 bridgehead atoms. The maximum absolute atomic E-state index is 12.0. The van der Waals surface area contributed by atoms with Gasteiger partial charge in [0.1, 0.15) is 11.3 Å². The Morgan fingerprint density at radius 1 is 1.57 bits per heavy atom. The molecule has 2 aromatic rings. The van der Waals surface area contributed by atoms with Crippen LogP contribution < -0.4 is 10.6 Å². The summed E-state index contributed by atoms with van der Waals surface area (Å²) in [7, 11) is 1.77. The number of amides is 1. The Morgan fingerprint density at radius 3 is 2.95 bits per heavy atom. The zero-order valence-electron chi connectivity index (χ0n) is 12.3. The quantitative estimate of drug-likeness (QED) is 0.739. The van der Waals surface area contributed by atoms with Crippen LogP contribution in [0.5, 0.6) is 0 Å². The molecular formula is C13H19N5O2S. The summed E-state index contributed by atoms with van der Waals surface area (Å²) < 4.78 is 1.61. The van der Waals surface area contributed by atoms with Gasteiger partial charge in [-0.15, -0.1) is 11.3 Å². The third-order valence-electron chi connectivity index (χ3n) is 2.98. The van der Waals surface area contributed by atoms with Crippen LogP contribution in [0, 0.1) is 0 Å². The molecule has 0 fully saturated rings. The average molecular weight is 309 g/mol. The summed E-state index contributed by atoms with van der Waals surface area (Å²) in [5, 5.41) is 22.5. The Balaban J connectivity index is 1.96. The van der Waals surface area contributed by atoms with Gasteiger partial charge in [0.05, 0.1) is 12.7 Å². The first-order chi connectivity index (χ1) is 9.92. The van der Waals surface area contributed by atoms with Gasteiger partial charge in [-0.3, -0.25) is 9.48 Å². The third kappa shape index (κ3) is 3.79. The maximum atomic E-state index is 12.0. The highest BCUT2D eigenvalue weighted by Gasteiger charge is 2.26. The van der Waals surface area contributed by atoms with Crippen molar-refractivity contribution in [2.45, 2.75) is 19.4 Å². The van der Waals surface area contributed by atoms with Crippen LogP contribution in [0.15, 0.2) is 17.8 Å². The lowest BCUT2D eigenvalue weighted by Gasteiger charge is -2.21. The van der Waals surface area contributed by atoms with E-state index in [0.29, 0.717) is 16.4 Å². The number of hydrogen-bond donors (Lipinski definition) is 3. The molecule has 2 heterocycles. The number of aliphatic hydroxyl groups is 1. The number of carbonyl (C=O) groups excluding carboxylic acids is 1. The van der Waals surface area contributed by atoms with Gasteiger partial charge in [-0.2, -0.15) is 5.10 Å². The third-order valence-corrected chi connectivity index (χ3v) is 3.78. The molecule has 0 saturated carbocycles. The van der Waals surface area contributed by atoms with Crippen LogP contribution >= 0.6 is 11.3 Å². The summed E-state index contributed by atoms with van der Waals surface area (Å²) in [5.41, 5.74) is -0.181. The van der Waals surface area contributed by atoms with Crippen molar-refractivity contribution in [1.82, 2.24) is 20.1 Å². The molecule has 3 N–H and O–H groups in total. The number of nitrogens with one attached hydrogen (secondary N) is 2. The lowest BCUT2D eigenvalue weighted by atomic mass is 10.00. The summed E-state index contributed by atoms with van der Waals surface area (Å²) in [6.45, 7) is 4.44. The molecule has 1 amide bonds. The van der Waals surface area contributed by atoms with Crippen molar-refractivity contribution in [3.05, 3.63) is 29.0 Å². The molecule has 1 atom stereocenters. The topological polar surface area (TPSA) is 92.1 Å². The molecule has 8 heteroatoms.